The van der Waals surface area contributed by atoms with Gasteiger partial charge in [0.1, 0.15) is 12.4 Å². The van der Waals surface area contributed by atoms with Crippen molar-refractivity contribution in [2.24, 2.45) is 12.0 Å². The predicted molar refractivity (Wildman–Crippen MR) is 90.8 cm³/mol. The second-order valence-electron chi connectivity index (χ2n) is 4.84. The third-order valence-corrected chi connectivity index (χ3v) is 4.68. The average Bonchev–Trinajstić information content (AvgIpc) is 3.05. The molecule has 2 heterocycles. The van der Waals surface area contributed by atoms with Gasteiger partial charge in [0, 0.05) is 18.6 Å². The summed E-state index contributed by atoms with van der Waals surface area (Å²) in [5, 5.41) is 1.91. The molecule has 0 bridgehead atoms. The van der Waals surface area contributed by atoms with Crippen molar-refractivity contribution in [3.63, 3.8) is 0 Å². The maximum Gasteiger partial charge on any atom is 0.268 e. The van der Waals surface area contributed by atoms with Gasteiger partial charge in [0.15, 0.2) is 4.80 Å². The molecule has 1 aromatic carbocycles. The Morgan fingerprint density at radius 3 is 2.95 bits per heavy atom. The Morgan fingerprint density at radius 1 is 1.41 bits per heavy atom. The monoisotopic (exact) mass is 332 g/mol. The van der Waals surface area contributed by atoms with E-state index in [1.165, 1.54) is 11.3 Å². The van der Waals surface area contributed by atoms with Gasteiger partial charge in [-0.05, 0) is 18.4 Å². The summed E-state index contributed by atoms with van der Waals surface area (Å²) in [5.74, 6) is 1.52. The Kier molecular flexibility index (Phi) is 4.44. The van der Waals surface area contributed by atoms with Crippen LogP contribution < -0.4 is 4.80 Å². The second-order valence-corrected chi connectivity index (χ2v) is 6.58. The van der Waals surface area contributed by atoms with Gasteiger partial charge in [-0.25, -0.2) is 4.98 Å². The predicted octanol–water partition coefficient (Wildman–Crippen LogP) is 2.43. The number of fused-ring (bicyclic) bond motifs is 1. The second kappa shape index (κ2) is 6.50. The van der Waals surface area contributed by atoms with Crippen molar-refractivity contribution in [1.29, 1.82) is 0 Å². The van der Waals surface area contributed by atoms with Crippen LogP contribution in [0.3, 0.4) is 0 Å². The summed E-state index contributed by atoms with van der Waals surface area (Å²) in [4.78, 5) is 21.8. The fourth-order valence-corrected chi connectivity index (χ4v) is 3.48. The number of hydrogen-bond acceptors (Lipinski definition) is 4. The maximum absolute atomic E-state index is 12.3. The zero-order chi connectivity index (χ0) is 15.5. The highest BCUT2D eigenvalue weighted by Crippen LogP contribution is 2.18. The van der Waals surface area contributed by atoms with Crippen LogP contribution in [0.4, 0.5) is 0 Å². The van der Waals surface area contributed by atoms with Crippen molar-refractivity contribution < 1.29 is 4.79 Å². The summed E-state index contributed by atoms with van der Waals surface area (Å²) >= 11 is 3.15. The van der Waals surface area contributed by atoms with Crippen molar-refractivity contribution >= 4 is 40.0 Å². The number of carbonyl (C=O) groups excluding carboxylic acids is 1. The first-order chi connectivity index (χ1) is 10.7. The molecule has 0 aliphatic heterocycles. The first-order valence-electron chi connectivity index (χ1n) is 6.80. The number of imidazole rings is 1. The molecule has 0 saturated carbocycles. The van der Waals surface area contributed by atoms with Gasteiger partial charge in [-0.15, -0.1) is 11.3 Å². The Bertz CT molecular complexity index is 875. The van der Waals surface area contributed by atoms with Crippen LogP contribution in [0.15, 0.2) is 40.8 Å². The maximum atomic E-state index is 12.3. The standard InChI is InChI=1S/C15H16N4OS2/c1-18-7-8-22-15(18)17-14(20)9-19-12-6-4-3-5-11(12)16-13(19)10-21-2/h3-8H,9-10H2,1-2H3. The van der Waals surface area contributed by atoms with E-state index in [2.05, 4.69) is 9.98 Å². The molecule has 2 aromatic heterocycles. The third kappa shape index (κ3) is 3.00. The number of nitrogens with zero attached hydrogens (tertiary/aromatic N) is 4. The molecule has 5 nitrogen and oxygen atoms in total. The van der Waals surface area contributed by atoms with Crippen molar-refractivity contribution in [2.75, 3.05) is 6.26 Å². The van der Waals surface area contributed by atoms with Gasteiger partial charge in [-0.1, -0.05) is 12.1 Å². The third-order valence-electron chi connectivity index (χ3n) is 3.28. The van der Waals surface area contributed by atoms with E-state index in [-0.39, 0.29) is 12.5 Å². The number of carbonyl (C=O) groups is 1. The van der Waals surface area contributed by atoms with Gasteiger partial charge in [-0.2, -0.15) is 16.8 Å². The zero-order valence-electron chi connectivity index (χ0n) is 12.4. The van der Waals surface area contributed by atoms with Crippen LogP contribution in [-0.4, -0.2) is 26.3 Å². The quantitative estimate of drug-likeness (QED) is 0.737. The van der Waals surface area contributed by atoms with Gasteiger partial charge >= 0.3 is 0 Å². The molecular weight excluding hydrogens is 316 g/mol. The molecule has 114 valence electrons. The van der Waals surface area contributed by atoms with Gasteiger partial charge < -0.3 is 9.13 Å². The van der Waals surface area contributed by atoms with Gasteiger partial charge in [0.05, 0.1) is 16.8 Å². The van der Waals surface area contributed by atoms with E-state index in [9.17, 15) is 4.79 Å². The molecular formula is C15H16N4OS2. The zero-order valence-corrected chi connectivity index (χ0v) is 14.0. The molecule has 3 aromatic rings. The van der Waals surface area contributed by atoms with Crippen molar-refractivity contribution in [2.45, 2.75) is 12.3 Å². The molecule has 0 N–H and O–H groups in total. The van der Waals surface area contributed by atoms with Gasteiger partial charge in [0.2, 0.25) is 0 Å². The van der Waals surface area contributed by atoms with E-state index in [1.54, 1.807) is 11.8 Å². The minimum absolute atomic E-state index is 0.163. The lowest BCUT2D eigenvalue weighted by Crippen LogP contribution is -2.17. The molecule has 0 atom stereocenters. The SMILES string of the molecule is CSCc1nc2ccccc2n1CC(=O)N=c1sccn1C. The first-order valence-corrected chi connectivity index (χ1v) is 9.07. The Balaban J connectivity index is 1.97. The normalized spacial score (nSPS) is 12.2. The van der Waals surface area contributed by atoms with Crippen LogP contribution in [0.2, 0.25) is 0 Å². The summed E-state index contributed by atoms with van der Waals surface area (Å²) in [6, 6.07) is 7.88. The highest BCUT2D eigenvalue weighted by molar-refractivity contribution is 7.97. The van der Waals surface area contributed by atoms with E-state index >= 15 is 0 Å². The number of thioether (sulfide) groups is 1. The van der Waals surface area contributed by atoms with Crippen LogP contribution in [0, 0.1) is 0 Å². The van der Waals surface area contributed by atoms with Crippen molar-refractivity contribution in [1.82, 2.24) is 14.1 Å². The summed E-state index contributed by atoms with van der Waals surface area (Å²) in [7, 11) is 1.88. The Labute approximate surface area is 136 Å². The van der Waals surface area contributed by atoms with E-state index in [1.807, 2.05) is 58.3 Å². The van der Waals surface area contributed by atoms with E-state index < -0.39 is 0 Å². The lowest BCUT2D eigenvalue weighted by atomic mass is 10.3. The highest BCUT2D eigenvalue weighted by atomic mass is 32.2. The number of aryl methyl sites for hydroxylation is 1. The minimum atomic E-state index is -0.163. The van der Waals surface area contributed by atoms with Crippen LogP contribution in [0.25, 0.3) is 11.0 Å². The first kappa shape index (κ1) is 15.1. The Morgan fingerprint density at radius 2 is 2.23 bits per heavy atom. The van der Waals surface area contributed by atoms with E-state index in [0.717, 1.165) is 22.6 Å². The number of benzene rings is 1. The van der Waals surface area contributed by atoms with Crippen LogP contribution in [0.5, 0.6) is 0 Å². The smallest absolute Gasteiger partial charge is 0.268 e. The fourth-order valence-electron chi connectivity index (χ4n) is 2.25. The molecule has 0 spiro atoms. The number of hydrogen-bond donors (Lipinski definition) is 0. The largest absolute Gasteiger partial charge is 0.327 e. The summed E-state index contributed by atoms with van der Waals surface area (Å²) in [6.07, 6.45) is 3.92. The lowest BCUT2D eigenvalue weighted by Gasteiger charge is -2.05. The van der Waals surface area contributed by atoms with E-state index in [4.69, 9.17) is 0 Å². The Hall–Kier alpha value is -1.86. The summed E-state index contributed by atoms with van der Waals surface area (Å²) in [6.45, 7) is 0.217. The van der Waals surface area contributed by atoms with Gasteiger partial charge in [-0.3, -0.25) is 4.79 Å². The number of para-hydroxylation sites is 2. The van der Waals surface area contributed by atoms with Crippen molar-refractivity contribution in [3.8, 4) is 0 Å². The number of amides is 1. The highest BCUT2D eigenvalue weighted by Gasteiger charge is 2.12. The minimum Gasteiger partial charge on any atom is -0.327 e. The summed E-state index contributed by atoms with van der Waals surface area (Å²) in [5.41, 5.74) is 1.90. The number of rotatable bonds is 4. The van der Waals surface area contributed by atoms with Crippen LogP contribution in [0.1, 0.15) is 5.82 Å². The molecule has 0 radical (unpaired) electrons. The molecule has 0 unspecified atom stereocenters. The molecule has 1 amide bonds. The van der Waals surface area contributed by atoms with Crippen LogP contribution in [-0.2, 0) is 24.1 Å². The fraction of sp³-hybridized carbons (Fsp3) is 0.267. The number of aromatic nitrogens is 3. The number of thiazole rings is 1. The molecule has 3 rings (SSSR count). The molecule has 0 aliphatic carbocycles. The summed E-state index contributed by atoms with van der Waals surface area (Å²) < 4.78 is 3.81. The van der Waals surface area contributed by atoms with E-state index in [0.29, 0.717) is 4.80 Å². The average molecular weight is 332 g/mol. The molecule has 0 fully saturated rings. The van der Waals surface area contributed by atoms with Gasteiger partial charge in [0.25, 0.3) is 5.91 Å². The molecule has 22 heavy (non-hydrogen) atoms. The molecule has 0 aliphatic rings. The molecule has 7 heteroatoms. The van der Waals surface area contributed by atoms with Crippen LogP contribution >= 0.6 is 23.1 Å². The topological polar surface area (TPSA) is 52.2 Å². The lowest BCUT2D eigenvalue weighted by molar-refractivity contribution is -0.118. The molecule has 0 saturated heterocycles. The van der Waals surface area contributed by atoms with Crippen molar-refractivity contribution in [3.05, 3.63) is 46.5 Å².